The van der Waals surface area contributed by atoms with Crippen molar-refractivity contribution in [2.24, 2.45) is 0 Å². The van der Waals surface area contributed by atoms with Crippen LogP contribution in [0.15, 0.2) is 30.3 Å². The van der Waals surface area contributed by atoms with E-state index in [0.717, 1.165) is 21.9 Å². The lowest BCUT2D eigenvalue weighted by atomic mass is 10.1. The Bertz CT molecular complexity index is 768. The minimum Gasteiger partial charge on any atom is -0.494 e. The Morgan fingerprint density at radius 2 is 1.88 bits per heavy atom. The minimum absolute atomic E-state index is 0.0640. The molecule has 6 heteroatoms. The van der Waals surface area contributed by atoms with Crippen molar-refractivity contribution < 1.29 is 19.0 Å². The van der Waals surface area contributed by atoms with E-state index >= 15 is 0 Å². The molecule has 0 aliphatic carbocycles. The molecule has 5 nitrogen and oxygen atoms in total. The summed E-state index contributed by atoms with van der Waals surface area (Å²) in [6.07, 6.45) is 0.997. The van der Waals surface area contributed by atoms with Gasteiger partial charge in [-0.05, 0) is 55.7 Å². The Kier molecular flexibility index (Phi) is 5.34. The van der Waals surface area contributed by atoms with Gasteiger partial charge in [-0.1, -0.05) is 11.6 Å². The topological polar surface area (TPSA) is 56.8 Å². The molecular weight excluding hydrogens is 342 g/mol. The van der Waals surface area contributed by atoms with Crippen LogP contribution in [-0.2, 0) is 4.79 Å². The average molecular weight is 362 g/mol. The summed E-state index contributed by atoms with van der Waals surface area (Å²) in [6.45, 7) is 4.57. The first-order valence-corrected chi connectivity index (χ1v) is 8.50. The first-order chi connectivity index (χ1) is 12.0. The number of fused-ring (bicyclic) bond motifs is 1. The van der Waals surface area contributed by atoms with Gasteiger partial charge in [0.2, 0.25) is 12.7 Å². The molecule has 1 aliphatic heterocycles. The molecule has 0 saturated carbocycles. The highest BCUT2D eigenvalue weighted by Crippen LogP contribution is 2.34. The number of aryl methyl sites for hydroxylation is 2. The number of hydrogen-bond acceptors (Lipinski definition) is 4. The Morgan fingerprint density at radius 3 is 2.64 bits per heavy atom. The second kappa shape index (κ2) is 7.66. The molecule has 1 N–H and O–H groups in total. The van der Waals surface area contributed by atoms with E-state index in [9.17, 15) is 4.79 Å². The van der Waals surface area contributed by atoms with Gasteiger partial charge >= 0.3 is 0 Å². The molecule has 0 unspecified atom stereocenters. The summed E-state index contributed by atoms with van der Waals surface area (Å²) in [5, 5.41) is 3.61. The SMILES string of the molecule is Cc1cc(OCCCC(=O)Nc2ccc3c(c2)OCO3)cc(C)c1Cl. The standard InChI is InChI=1S/C19H20ClNO4/c1-12-8-15(9-13(2)19(12)20)23-7-3-4-18(22)21-14-5-6-16-17(10-14)25-11-24-16/h5-6,8-10H,3-4,7,11H2,1-2H3,(H,21,22). The molecule has 2 aromatic rings. The van der Waals surface area contributed by atoms with Crippen molar-refractivity contribution in [2.45, 2.75) is 26.7 Å². The van der Waals surface area contributed by atoms with Crippen LogP contribution in [-0.4, -0.2) is 19.3 Å². The maximum Gasteiger partial charge on any atom is 0.231 e. The molecule has 0 spiro atoms. The number of carbonyl (C=O) groups excluding carboxylic acids is 1. The number of anilines is 1. The third kappa shape index (κ3) is 4.37. The number of benzene rings is 2. The van der Waals surface area contributed by atoms with Crippen LogP contribution < -0.4 is 19.5 Å². The zero-order valence-electron chi connectivity index (χ0n) is 14.2. The fourth-order valence-electron chi connectivity index (χ4n) is 2.61. The molecule has 1 heterocycles. The highest BCUT2D eigenvalue weighted by molar-refractivity contribution is 6.32. The molecule has 0 saturated heterocycles. The van der Waals surface area contributed by atoms with Gasteiger partial charge in [-0.15, -0.1) is 0 Å². The summed E-state index contributed by atoms with van der Waals surface area (Å²) in [7, 11) is 0. The number of nitrogens with one attached hydrogen (secondary N) is 1. The number of halogens is 1. The van der Waals surface area contributed by atoms with Gasteiger partial charge in [0.05, 0.1) is 6.61 Å². The van der Waals surface area contributed by atoms with Gasteiger partial charge in [0.1, 0.15) is 5.75 Å². The van der Waals surface area contributed by atoms with Crippen molar-refractivity contribution in [3.05, 3.63) is 46.5 Å². The fourth-order valence-corrected chi connectivity index (χ4v) is 2.72. The number of hydrogen-bond donors (Lipinski definition) is 1. The van der Waals surface area contributed by atoms with Gasteiger partial charge in [0.25, 0.3) is 0 Å². The van der Waals surface area contributed by atoms with Crippen LogP contribution >= 0.6 is 11.6 Å². The third-order valence-corrected chi connectivity index (χ3v) is 4.48. The molecular formula is C19H20ClNO4. The Balaban J connectivity index is 1.44. The Morgan fingerprint density at radius 1 is 1.16 bits per heavy atom. The van der Waals surface area contributed by atoms with E-state index in [2.05, 4.69) is 5.32 Å². The van der Waals surface area contributed by atoms with Crippen LogP contribution in [0.1, 0.15) is 24.0 Å². The number of amides is 1. The molecule has 0 aromatic heterocycles. The van der Waals surface area contributed by atoms with Crippen molar-refractivity contribution in [3.8, 4) is 17.2 Å². The lowest BCUT2D eigenvalue weighted by molar-refractivity contribution is -0.116. The molecule has 2 aromatic carbocycles. The molecule has 1 aliphatic rings. The van der Waals surface area contributed by atoms with Crippen molar-refractivity contribution in [1.29, 1.82) is 0 Å². The summed E-state index contributed by atoms with van der Waals surface area (Å²) in [5.74, 6) is 2.05. The van der Waals surface area contributed by atoms with Crippen LogP contribution in [0.4, 0.5) is 5.69 Å². The van der Waals surface area contributed by atoms with E-state index < -0.39 is 0 Å². The zero-order chi connectivity index (χ0) is 17.8. The summed E-state index contributed by atoms with van der Waals surface area (Å²) in [6, 6.07) is 9.15. The summed E-state index contributed by atoms with van der Waals surface area (Å²) in [4.78, 5) is 12.0. The lowest BCUT2D eigenvalue weighted by Gasteiger charge is -2.10. The number of rotatable bonds is 6. The second-order valence-electron chi connectivity index (χ2n) is 5.94. The maximum absolute atomic E-state index is 12.0. The largest absolute Gasteiger partial charge is 0.494 e. The fraction of sp³-hybridized carbons (Fsp3) is 0.316. The average Bonchev–Trinajstić information content (AvgIpc) is 3.04. The van der Waals surface area contributed by atoms with Crippen LogP contribution in [0.25, 0.3) is 0 Å². The van der Waals surface area contributed by atoms with Gasteiger partial charge < -0.3 is 19.5 Å². The summed E-state index contributed by atoms with van der Waals surface area (Å²) >= 11 is 6.14. The summed E-state index contributed by atoms with van der Waals surface area (Å²) in [5.41, 5.74) is 2.66. The van der Waals surface area contributed by atoms with Gasteiger partial charge in [0.15, 0.2) is 11.5 Å². The van der Waals surface area contributed by atoms with E-state index in [-0.39, 0.29) is 12.7 Å². The molecule has 0 radical (unpaired) electrons. The van der Waals surface area contributed by atoms with Gasteiger partial charge in [0, 0.05) is 23.2 Å². The second-order valence-corrected chi connectivity index (χ2v) is 6.32. The molecule has 132 valence electrons. The first kappa shape index (κ1) is 17.4. The maximum atomic E-state index is 12.0. The van der Waals surface area contributed by atoms with Crippen molar-refractivity contribution in [2.75, 3.05) is 18.7 Å². The first-order valence-electron chi connectivity index (χ1n) is 8.12. The van der Waals surface area contributed by atoms with Crippen molar-refractivity contribution in [1.82, 2.24) is 0 Å². The highest BCUT2D eigenvalue weighted by Gasteiger charge is 2.14. The molecule has 0 fully saturated rings. The molecule has 0 atom stereocenters. The van der Waals surface area contributed by atoms with Gasteiger partial charge in [-0.2, -0.15) is 0 Å². The van der Waals surface area contributed by atoms with E-state index in [1.165, 1.54) is 0 Å². The van der Waals surface area contributed by atoms with Gasteiger partial charge in [-0.25, -0.2) is 0 Å². The number of carbonyl (C=O) groups is 1. The monoisotopic (exact) mass is 361 g/mol. The predicted molar refractivity (Wildman–Crippen MR) is 96.8 cm³/mol. The van der Waals surface area contributed by atoms with Crippen LogP contribution in [0, 0.1) is 13.8 Å². The normalized spacial score (nSPS) is 12.1. The van der Waals surface area contributed by atoms with Crippen LogP contribution in [0.2, 0.25) is 5.02 Å². The quantitative estimate of drug-likeness (QED) is 0.770. The third-order valence-electron chi connectivity index (χ3n) is 3.88. The molecule has 3 rings (SSSR count). The van der Waals surface area contributed by atoms with Crippen LogP contribution in [0.3, 0.4) is 0 Å². The number of ether oxygens (including phenoxy) is 3. The minimum atomic E-state index is -0.0640. The van der Waals surface area contributed by atoms with E-state index in [1.54, 1.807) is 18.2 Å². The lowest BCUT2D eigenvalue weighted by Crippen LogP contribution is -2.12. The highest BCUT2D eigenvalue weighted by atomic mass is 35.5. The molecule has 25 heavy (non-hydrogen) atoms. The smallest absolute Gasteiger partial charge is 0.231 e. The molecule has 1 amide bonds. The van der Waals surface area contributed by atoms with Gasteiger partial charge in [-0.3, -0.25) is 4.79 Å². The van der Waals surface area contributed by atoms with E-state index in [1.807, 2.05) is 26.0 Å². The Labute approximate surface area is 151 Å². The van der Waals surface area contributed by atoms with Crippen LogP contribution in [0.5, 0.6) is 17.2 Å². The van der Waals surface area contributed by atoms with E-state index in [0.29, 0.717) is 36.6 Å². The summed E-state index contributed by atoms with van der Waals surface area (Å²) < 4.78 is 16.2. The zero-order valence-corrected chi connectivity index (χ0v) is 15.0. The Hall–Kier alpha value is -2.40. The molecule has 0 bridgehead atoms. The van der Waals surface area contributed by atoms with Crippen molar-refractivity contribution in [3.63, 3.8) is 0 Å². The predicted octanol–water partition coefficient (Wildman–Crippen LogP) is 4.48. The van der Waals surface area contributed by atoms with E-state index in [4.69, 9.17) is 25.8 Å². The van der Waals surface area contributed by atoms with Crippen molar-refractivity contribution >= 4 is 23.2 Å².